The van der Waals surface area contributed by atoms with E-state index in [-0.39, 0.29) is 12.5 Å². The molecule has 5 heteroatoms. The van der Waals surface area contributed by atoms with Crippen molar-refractivity contribution in [2.24, 2.45) is 0 Å². The summed E-state index contributed by atoms with van der Waals surface area (Å²) in [6.45, 7) is 3.03. The van der Waals surface area contributed by atoms with Crippen molar-refractivity contribution in [1.29, 1.82) is 0 Å². The Morgan fingerprint density at radius 2 is 2.28 bits per heavy atom. The van der Waals surface area contributed by atoms with Crippen LogP contribution in [0.4, 0.5) is 10.1 Å². The van der Waals surface area contributed by atoms with Crippen molar-refractivity contribution in [1.82, 2.24) is 5.32 Å². The van der Waals surface area contributed by atoms with Crippen molar-refractivity contribution in [2.75, 3.05) is 24.5 Å². The number of nitrogens with zero attached hydrogens (tertiary/aromatic N) is 1. The first-order valence-corrected chi connectivity index (χ1v) is 6.07. The van der Waals surface area contributed by atoms with E-state index in [2.05, 4.69) is 5.32 Å². The molecule has 0 spiro atoms. The highest BCUT2D eigenvalue weighted by molar-refractivity contribution is 5.81. The molecule has 2 N–H and O–H groups in total. The van der Waals surface area contributed by atoms with Crippen LogP contribution >= 0.6 is 0 Å². The minimum atomic E-state index is -0.694. The van der Waals surface area contributed by atoms with Gasteiger partial charge in [0.1, 0.15) is 5.82 Å². The molecule has 98 valence electrons. The summed E-state index contributed by atoms with van der Waals surface area (Å²) < 4.78 is 14.0. The van der Waals surface area contributed by atoms with Gasteiger partial charge >= 0.3 is 0 Å². The molecule has 1 saturated heterocycles. The highest BCUT2D eigenvalue weighted by Crippen LogP contribution is 2.24. The maximum absolute atomic E-state index is 14.0. The van der Waals surface area contributed by atoms with Crippen LogP contribution in [-0.2, 0) is 4.79 Å². The Bertz CT molecular complexity index is 449. The van der Waals surface area contributed by atoms with Crippen LogP contribution in [0.2, 0.25) is 0 Å². The Hall–Kier alpha value is -1.62. The molecule has 2 rings (SSSR count). The summed E-state index contributed by atoms with van der Waals surface area (Å²) in [6, 6.07) is 4.63. The lowest BCUT2D eigenvalue weighted by molar-refractivity contribution is -0.119. The molecule has 0 unspecified atom stereocenters. The summed E-state index contributed by atoms with van der Waals surface area (Å²) in [6.07, 6.45) is 0.101. The third-order valence-corrected chi connectivity index (χ3v) is 3.06. The van der Waals surface area contributed by atoms with Crippen LogP contribution in [-0.4, -0.2) is 30.6 Å². The third kappa shape index (κ3) is 2.79. The second-order valence-corrected chi connectivity index (χ2v) is 4.51. The van der Waals surface area contributed by atoms with E-state index in [9.17, 15) is 14.3 Å². The highest BCUT2D eigenvalue weighted by Gasteiger charge is 2.18. The number of carbonyl (C=O) groups excluding carboxylic acids is 1. The second-order valence-electron chi connectivity index (χ2n) is 4.51. The molecular formula is C13H17FN2O2. The number of anilines is 1. The van der Waals surface area contributed by atoms with E-state index < -0.39 is 11.9 Å². The molecule has 1 aromatic rings. The van der Waals surface area contributed by atoms with Gasteiger partial charge in [-0.15, -0.1) is 0 Å². The van der Waals surface area contributed by atoms with Gasteiger partial charge in [0.2, 0.25) is 5.91 Å². The molecule has 0 bridgehead atoms. The van der Waals surface area contributed by atoms with Crippen molar-refractivity contribution < 1.29 is 14.3 Å². The molecule has 0 radical (unpaired) electrons. The molecule has 18 heavy (non-hydrogen) atoms. The molecule has 1 amide bonds. The fraction of sp³-hybridized carbons (Fsp3) is 0.462. The molecule has 1 fully saturated rings. The van der Waals surface area contributed by atoms with Gasteiger partial charge in [0.15, 0.2) is 0 Å². The number of aliphatic hydroxyl groups excluding tert-OH is 1. The maximum atomic E-state index is 14.0. The van der Waals surface area contributed by atoms with Crippen LogP contribution in [0.3, 0.4) is 0 Å². The van der Waals surface area contributed by atoms with Crippen LogP contribution in [0.25, 0.3) is 0 Å². The average molecular weight is 252 g/mol. The van der Waals surface area contributed by atoms with Gasteiger partial charge in [-0.25, -0.2) is 4.39 Å². The summed E-state index contributed by atoms with van der Waals surface area (Å²) in [5, 5.41) is 12.1. The number of benzene rings is 1. The number of hydrogen-bond acceptors (Lipinski definition) is 3. The molecule has 0 aliphatic carbocycles. The van der Waals surface area contributed by atoms with Gasteiger partial charge in [-0.05, 0) is 31.0 Å². The zero-order valence-corrected chi connectivity index (χ0v) is 10.3. The smallest absolute Gasteiger partial charge is 0.239 e. The minimum Gasteiger partial charge on any atom is -0.389 e. The Kier molecular flexibility index (Phi) is 3.81. The number of halogens is 1. The average Bonchev–Trinajstić information content (AvgIpc) is 2.53. The number of amides is 1. The molecule has 1 aliphatic heterocycles. The van der Waals surface area contributed by atoms with E-state index in [0.717, 1.165) is 6.42 Å². The van der Waals surface area contributed by atoms with Crippen LogP contribution in [0.5, 0.6) is 0 Å². The first kappa shape index (κ1) is 12.8. The normalized spacial score (nSPS) is 18.2. The van der Waals surface area contributed by atoms with Gasteiger partial charge in [-0.3, -0.25) is 4.79 Å². The fourth-order valence-corrected chi connectivity index (χ4v) is 2.05. The number of hydrogen-bond donors (Lipinski definition) is 2. The second kappa shape index (κ2) is 5.35. The Morgan fingerprint density at radius 1 is 1.50 bits per heavy atom. The first-order chi connectivity index (χ1) is 8.58. The third-order valence-electron chi connectivity index (χ3n) is 3.06. The monoisotopic (exact) mass is 252 g/mol. The lowest BCUT2D eigenvalue weighted by atomic mass is 10.1. The molecule has 0 saturated carbocycles. The van der Waals surface area contributed by atoms with E-state index in [4.69, 9.17) is 0 Å². The van der Waals surface area contributed by atoms with Crippen LogP contribution in [0.15, 0.2) is 18.2 Å². The zero-order chi connectivity index (χ0) is 13.1. The standard InChI is InChI=1S/C13H17FN2O2/c1-9(17)10-3-4-12(11(14)7-10)16-6-2-5-15-13(18)8-16/h3-4,7,9,17H,2,5-6,8H2,1H3,(H,15,18)/t9-/m0/s1. The Morgan fingerprint density at radius 3 is 2.94 bits per heavy atom. The highest BCUT2D eigenvalue weighted by atomic mass is 19.1. The quantitative estimate of drug-likeness (QED) is 0.831. The lowest BCUT2D eigenvalue weighted by Crippen LogP contribution is -2.33. The van der Waals surface area contributed by atoms with Crippen LogP contribution < -0.4 is 10.2 Å². The maximum Gasteiger partial charge on any atom is 0.239 e. The molecule has 1 aliphatic rings. The van der Waals surface area contributed by atoms with Gasteiger partial charge in [-0.2, -0.15) is 0 Å². The van der Waals surface area contributed by atoms with Crippen LogP contribution in [0, 0.1) is 5.82 Å². The molecule has 1 heterocycles. The van der Waals surface area contributed by atoms with Gasteiger partial charge in [-0.1, -0.05) is 6.07 Å². The van der Waals surface area contributed by atoms with E-state index in [1.807, 2.05) is 0 Å². The van der Waals surface area contributed by atoms with Gasteiger partial charge < -0.3 is 15.3 Å². The minimum absolute atomic E-state index is 0.0912. The fourth-order valence-electron chi connectivity index (χ4n) is 2.05. The number of carbonyl (C=O) groups is 1. The first-order valence-electron chi connectivity index (χ1n) is 6.07. The summed E-state index contributed by atoms with van der Waals surface area (Å²) in [7, 11) is 0. The SMILES string of the molecule is C[C@H](O)c1ccc(N2CCCNC(=O)C2)c(F)c1. The van der Waals surface area contributed by atoms with Crippen molar-refractivity contribution in [3.63, 3.8) is 0 Å². The molecular weight excluding hydrogens is 235 g/mol. The van der Waals surface area contributed by atoms with Crippen molar-refractivity contribution in [3.05, 3.63) is 29.6 Å². The lowest BCUT2D eigenvalue weighted by Gasteiger charge is -2.22. The van der Waals surface area contributed by atoms with E-state index >= 15 is 0 Å². The van der Waals surface area contributed by atoms with E-state index in [1.54, 1.807) is 24.0 Å². The van der Waals surface area contributed by atoms with Gasteiger partial charge in [0, 0.05) is 13.1 Å². The number of aliphatic hydroxyl groups is 1. The predicted molar refractivity (Wildman–Crippen MR) is 66.9 cm³/mol. The van der Waals surface area contributed by atoms with E-state index in [1.165, 1.54) is 6.07 Å². The largest absolute Gasteiger partial charge is 0.389 e. The molecule has 1 atom stereocenters. The van der Waals surface area contributed by atoms with Crippen molar-refractivity contribution >= 4 is 11.6 Å². The van der Waals surface area contributed by atoms with Crippen molar-refractivity contribution in [3.8, 4) is 0 Å². The Balaban J connectivity index is 2.24. The van der Waals surface area contributed by atoms with Crippen molar-refractivity contribution in [2.45, 2.75) is 19.4 Å². The van der Waals surface area contributed by atoms with E-state index in [0.29, 0.717) is 24.3 Å². The summed E-state index contributed by atoms with van der Waals surface area (Å²) >= 11 is 0. The summed E-state index contributed by atoms with van der Waals surface area (Å²) in [4.78, 5) is 13.2. The Labute approximate surface area is 105 Å². The van der Waals surface area contributed by atoms with Gasteiger partial charge in [0.25, 0.3) is 0 Å². The summed E-state index contributed by atoms with van der Waals surface area (Å²) in [5.41, 5.74) is 0.951. The topological polar surface area (TPSA) is 52.6 Å². The predicted octanol–water partition coefficient (Wildman–Crippen LogP) is 1.21. The number of nitrogens with one attached hydrogen (secondary N) is 1. The molecule has 0 aromatic heterocycles. The molecule has 4 nitrogen and oxygen atoms in total. The van der Waals surface area contributed by atoms with Gasteiger partial charge in [0.05, 0.1) is 18.3 Å². The number of rotatable bonds is 2. The zero-order valence-electron chi connectivity index (χ0n) is 10.3. The molecule has 1 aromatic carbocycles. The van der Waals surface area contributed by atoms with Crippen LogP contribution in [0.1, 0.15) is 25.0 Å². The summed E-state index contributed by atoms with van der Waals surface area (Å²) in [5.74, 6) is -0.491.